The molecule has 8 heteroatoms. The Morgan fingerprint density at radius 2 is 1.96 bits per heavy atom. The summed E-state index contributed by atoms with van der Waals surface area (Å²) in [4.78, 5) is 15.2. The van der Waals surface area contributed by atoms with E-state index in [0.717, 1.165) is 38.2 Å². The fraction of sp³-hybridized carbons (Fsp3) is 0.611. The molecule has 144 valence electrons. The summed E-state index contributed by atoms with van der Waals surface area (Å²) in [6, 6.07) is 5.34. The number of hydrogen-bond acceptors (Lipinski definition) is 5. The van der Waals surface area contributed by atoms with Crippen LogP contribution in [0.15, 0.2) is 18.2 Å². The van der Waals surface area contributed by atoms with Gasteiger partial charge in [-0.1, -0.05) is 23.2 Å². The smallest absolute Gasteiger partial charge is 0.317 e. The van der Waals surface area contributed by atoms with Crippen LogP contribution in [0.2, 0.25) is 10.0 Å². The highest BCUT2D eigenvalue weighted by Crippen LogP contribution is 2.28. The molecule has 1 unspecified atom stereocenters. The van der Waals surface area contributed by atoms with Crippen molar-refractivity contribution in [3.63, 3.8) is 0 Å². The van der Waals surface area contributed by atoms with Gasteiger partial charge in [0.2, 0.25) is 0 Å². The number of carboxylic acid groups (broad SMARTS) is 1. The van der Waals surface area contributed by atoms with Crippen LogP contribution < -0.4 is 4.74 Å². The SMILES string of the molecule is O=C(O)CN1CCOC(CN2CCC(Oc3ccc(Cl)c(Cl)c3)CC2)C1. The molecule has 0 amide bonds. The van der Waals surface area contributed by atoms with Gasteiger partial charge in [-0.3, -0.25) is 9.69 Å². The number of carboxylic acids is 1. The van der Waals surface area contributed by atoms with E-state index in [0.29, 0.717) is 29.7 Å². The minimum Gasteiger partial charge on any atom is -0.490 e. The Labute approximate surface area is 163 Å². The maximum atomic E-state index is 10.9. The van der Waals surface area contributed by atoms with Gasteiger partial charge < -0.3 is 19.5 Å². The van der Waals surface area contributed by atoms with Crippen LogP contribution in [0.25, 0.3) is 0 Å². The van der Waals surface area contributed by atoms with Crippen molar-refractivity contribution in [2.24, 2.45) is 0 Å². The Hall–Kier alpha value is -1.05. The summed E-state index contributed by atoms with van der Waals surface area (Å²) < 4.78 is 11.8. The van der Waals surface area contributed by atoms with Crippen LogP contribution in [-0.2, 0) is 9.53 Å². The van der Waals surface area contributed by atoms with Gasteiger partial charge in [-0.05, 0) is 25.0 Å². The quantitative estimate of drug-likeness (QED) is 0.788. The molecule has 0 saturated carbocycles. The predicted molar refractivity (Wildman–Crippen MR) is 100 cm³/mol. The summed E-state index contributed by atoms with van der Waals surface area (Å²) >= 11 is 12.0. The van der Waals surface area contributed by atoms with Crippen LogP contribution in [0, 0.1) is 0 Å². The van der Waals surface area contributed by atoms with Gasteiger partial charge in [-0.15, -0.1) is 0 Å². The summed E-state index contributed by atoms with van der Waals surface area (Å²) in [6.45, 7) is 4.73. The third-order valence-electron chi connectivity index (χ3n) is 4.77. The van der Waals surface area contributed by atoms with Gasteiger partial charge in [0.1, 0.15) is 11.9 Å². The number of hydrogen-bond donors (Lipinski definition) is 1. The summed E-state index contributed by atoms with van der Waals surface area (Å²) in [7, 11) is 0. The lowest BCUT2D eigenvalue weighted by atomic mass is 10.1. The van der Waals surface area contributed by atoms with Crippen LogP contribution in [0.5, 0.6) is 5.75 Å². The molecule has 2 aliphatic heterocycles. The number of piperidine rings is 1. The van der Waals surface area contributed by atoms with Crippen LogP contribution in [0.3, 0.4) is 0 Å². The summed E-state index contributed by atoms with van der Waals surface area (Å²) in [5.41, 5.74) is 0. The molecule has 1 atom stereocenters. The fourth-order valence-corrected chi connectivity index (χ4v) is 3.75. The van der Waals surface area contributed by atoms with Crippen molar-refractivity contribution in [1.82, 2.24) is 9.80 Å². The molecule has 6 nitrogen and oxygen atoms in total. The third-order valence-corrected chi connectivity index (χ3v) is 5.51. The largest absolute Gasteiger partial charge is 0.490 e. The van der Waals surface area contributed by atoms with Crippen molar-refractivity contribution < 1.29 is 19.4 Å². The molecule has 0 aromatic heterocycles. The molecule has 26 heavy (non-hydrogen) atoms. The molecular weight excluding hydrogens is 379 g/mol. The van der Waals surface area contributed by atoms with Crippen molar-refractivity contribution in [3.05, 3.63) is 28.2 Å². The topological polar surface area (TPSA) is 62.2 Å². The first-order valence-electron chi connectivity index (χ1n) is 8.89. The Balaban J connectivity index is 1.42. The molecule has 0 radical (unpaired) electrons. The Bertz CT molecular complexity index is 623. The van der Waals surface area contributed by atoms with E-state index in [4.69, 9.17) is 37.8 Å². The van der Waals surface area contributed by atoms with Gasteiger partial charge in [0.25, 0.3) is 0 Å². The maximum Gasteiger partial charge on any atom is 0.317 e. The van der Waals surface area contributed by atoms with Crippen LogP contribution in [0.4, 0.5) is 0 Å². The van der Waals surface area contributed by atoms with Crippen molar-refractivity contribution in [3.8, 4) is 5.75 Å². The molecule has 2 saturated heterocycles. The number of morpholine rings is 1. The molecule has 1 N–H and O–H groups in total. The van der Waals surface area contributed by atoms with Crippen molar-refractivity contribution in [1.29, 1.82) is 0 Å². The second-order valence-electron chi connectivity index (χ2n) is 6.82. The van der Waals surface area contributed by atoms with Crippen LogP contribution in [0.1, 0.15) is 12.8 Å². The number of halogens is 2. The normalized spacial score (nSPS) is 23.1. The number of nitrogens with zero attached hydrogens (tertiary/aromatic N) is 2. The van der Waals surface area contributed by atoms with E-state index in [-0.39, 0.29) is 18.8 Å². The molecule has 2 fully saturated rings. The second kappa shape index (κ2) is 9.24. The monoisotopic (exact) mass is 402 g/mol. The molecule has 0 aliphatic carbocycles. The van der Waals surface area contributed by atoms with E-state index in [9.17, 15) is 4.79 Å². The number of likely N-dealkylation sites (tertiary alicyclic amines) is 1. The van der Waals surface area contributed by atoms with E-state index in [1.54, 1.807) is 12.1 Å². The molecule has 0 spiro atoms. The van der Waals surface area contributed by atoms with E-state index >= 15 is 0 Å². The number of rotatable bonds is 6. The van der Waals surface area contributed by atoms with E-state index in [1.807, 2.05) is 11.0 Å². The number of aliphatic carboxylic acids is 1. The minimum atomic E-state index is -0.786. The first-order valence-corrected chi connectivity index (χ1v) is 9.65. The Kier molecular flexibility index (Phi) is 7.00. The number of ether oxygens (including phenoxy) is 2. The summed E-state index contributed by atoms with van der Waals surface area (Å²) in [5, 5.41) is 9.96. The number of carbonyl (C=O) groups is 1. The zero-order valence-electron chi connectivity index (χ0n) is 14.6. The Morgan fingerprint density at radius 3 is 2.65 bits per heavy atom. The average Bonchev–Trinajstić information content (AvgIpc) is 2.60. The zero-order chi connectivity index (χ0) is 18.5. The Morgan fingerprint density at radius 1 is 1.19 bits per heavy atom. The number of benzene rings is 1. The lowest BCUT2D eigenvalue weighted by molar-refractivity contribution is -0.140. The highest BCUT2D eigenvalue weighted by atomic mass is 35.5. The molecular formula is C18H24Cl2N2O4. The zero-order valence-corrected chi connectivity index (χ0v) is 16.1. The standard InChI is InChI=1S/C18H24Cl2N2O4/c19-16-2-1-14(9-17(16)20)26-13-3-5-21(6-4-13)10-15-11-22(7-8-25-15)12-18(23)24/h1-2,9,13,15H,3-8,10-12H2,(H,23,24). The van der Waals surface area contributed by atoms with Gasteiger partial charge in [0, 0.05) is 38.8 Å². The summed E-state index contributed by atoms with van der Waals surface area (Å²) in [6.07, 6.45) is 2.10. The minimum absolute atomic E-state index is 0.0654. The van der Waals surface area contributed by atoms with Gasteiger partial charge >= 0.3 is 5.97 Å². The van der Waals surface area contributed by atoms with Crippen molar-refractivity contribution >= 4 is 29.2 Å². The average molecular weight is 403 g/mol. The second-order valence-corrected chi connectivity index (χ2v) is 7.63. The van der Waals surface area contributed by atoms with Crippen molar-refractivity contribution in [2.45, 2.75) is 25.0 Å². The fourth-order valence-electron chi connectivity index (χ4n) is 3.47. The molecule has 2 heterocycles. The highest BCUT2D eigenvalue weighted by molar-refractivity contribution is 6.42. The highest BCUT2D eigenvalue weighted by Gasteiger charge is 2.27. The third kappa shape index (κ3) is 5.72. The van der Waals surface area contributed by atoms with Gasteiger partial charge in [-0.25, -0.2) is 0 Å². The molecule has 3 rings (SSSR count). The van der Waals surface area contributed by atoms with Gasteiger partial charge in [-0.2, -0.15) is 0 Å². The van der Waals surface area contributed by atoms with E-state index in [1.165, 1.54) is 0 Å². The van der Waals surface area contributed by atoms with E-state index in [2.05, 4.69) is 4.90 Å². The molecule has 0 bridgehead atoms. The molecule has 1 aromatic rings. The first kappa shape index (κ1) is 19.7. The molecule has 1 aromatic carbocycles. The maximum absolute atomic E-state index is 10.9. The van der Waals surface area contributed by atoms with E-state index < -0.39 is 5.97 Å². The lowest BCUT2D eigenvalue weighted by Crippen LogP contribution is -2.50. The van der Waals surface area contributed by atoms with Crippen molar-refractivity contribution in [2.75, 3.05) is 45.9 Å². The van der Waals surface area contributed by atoms with Crippen LogP contribution >= 0.6 is 23.2 Å². The van der Waals surface area contributed by atoms with Crippen LogP contribution in [-0.4, -0.2) is 79.0 Å². The van der Waals surface area contributed by atoms with Gasteiger partial charge in [0.15, 0.2) is 0 Å². The first-order chi connectivity index (χ1) is 12.5. The lowest BCUT2D eigenvalue weighted by Gasteiger charge is -2.37. The molecule has 2 aliphatic rings. The predicted octanol–water partition coefficient (Wildman–Crippen LogP) is 2.62. The summed E-state index contributed by atoms with van der Waals surface area (Å²) in [5.74, 6) is -0.0382. The van der Waals surface area contributed by atoms with Gasteiger partial charge in [0.05, 0.1) is 29.3 Å².